The fourth-order valence-electron chi connectivity index (χ4n) is 3.38. The number of anilines is 2. The van der Waals surface area contributed by atoms with Gasteiger partial charge >= 0.3 is 11.8 Å². The second-order valence-electron chi connectivity index (χ2n) is 7.24. The molecule has 6 nitrogen and oxygen atoms in total. The molecule has 2 amide bonds. The van der Waals surface area contributed by atoms with Gasteiger partial charge in [0.15, 0.2) is 0 Å². The molecule has 7 heteroatoms. The SMILES string of the molecule is Cc1cccc(NC(=O)C(=O)NCCCN2CCN(c3ccc(F)cc3)CC2)c1. The summed E-state index contributed by atoms with van der Waals surface area (Å²) in [6.45, 7) is 6.84. The van der Waals surface area contributed by atoms with Crippen LogP contribution in [0.15, 0.2) is 48.5 Å². The Kier molecular flexibility index (Phi) is 7.19. The summed E-state index contributed by atoms with van der Waals surface area (Å²) in [5.41, 5.74) is 2.67. The van der Waals surface area contributed by atoms with Crippen molar-refractivity contribution < 1.29 is 14.0 Å². The molecule has 0 bridgehead atoms. The maximum absolute atomic E-state index is 13.0. The molecule has 0 aromatic heterocycles. The highest BCUT2D eigenvalue weighted by atomic mass is 19.1. The first kappa shape index (κ1) is 20.8. The van der Waals surface area contributed by atoms with Crippen LogP contribution >= 0.6 is 0 Å². The number of carbonyl (C=O) groups excluding carboxylic acids is 2. The molecule has 1 fully saturated rings. The zero-order valence-electron chi connectivity index (χ0n) is 16.7. The van der Waals surface area contributed by atoms with E-state index in [1.54, 1.807) is 6.07 Å². The van der Waals surface area contributed by atoms with Crippen molar-refractivity contribution in [3.05, 3.63) is 59.9 Å². The number of carbonyl (C=O) groups is 2. The third kappa shape index (κ3) is 6.29. The van der Waals surface area contributed by atoms with Crippen LogP contribution in [0.25, 0.3) is 0 Å². The van der Waals surface area contributed by atoms with Crippen molar-refractivity contribution >= 4 is 23.2 Å². The summed E-state index contributed by atoms with van der Waals surface area (Å²) in [5, 5.41) is 5.28. The normalized spacial score (nSPS) is 14.5. The molecule has 29 heavy (non-hydrogen) atoms. The predicted molar refractivity (Wildman–Crippen MR) is 112 cm³/mol. The van der Waals surface area contributed by atoms with Gasteiger partial charge in [-0.15, -0.1) is 0 Å². The molecule has 0 unspecified atom stereocenters. The third-order valence-electron chi connectivity index (χ3n) is 4.98. The molecule has 0 saturated carbocycles. The number of aryl methyl sites for hydroxylation is 1. The highest BCUT2D eigenvalue weighted by Crippen LogP contribution is 2.17. The third-order valence-corrected chi connectivity index (χ3v) is 4.98. The average molecular weight is 398 g/mol. The van der Waals surface area contributed by atoms with Gasteiger partial charge in [0, 0.05) is 44.1 Å². The molecule has 1 aliphatic rings. The predicted octanol–water partition coefficient (Wildman–Crippen LogP) is 2.40. The number of halogens is 1. The summed E-state index contributed by atoms with van der Waals surface area (Å²) in [6, 6.07) is 13.9. The van der Waals surface area contributed by atoms with Crippen LogP contribution in [0.4, 0.5) is 15.8 Å². The van der Waals surface area contributed by atoms with E-state index in [4.69, 9.17) is 0 Å². The van der Waals surface area contributed by atoms with Crippen LogP contribution in [0.2, 0.25) is 0 Å². The Hall–Kier alpha value is -2.93. The van der Waals surface area contributed by atoms with Crippen molar-refractivity contribution in [2.75, 3.05) is 49.5 Å². The first-order chi connectivity index (χ1) is 14.0. The van der Waals surface area contributed by atoms with E-state index in [0.717, 1.165) is 50.4 Å². The van der Waals surface area contributed by atoms with Crippen LogP contribution in [0.1, 0.15) is 12.0 Å². The van der Waals surface area contributed by atoms with Gasteiger partial charge < -0.3 is 15.5 Å². The highest BCUT2D eigenvalue weighted by molar-refractivity contribution is 6.39. The van der Waals surface area contributed by atoms with Gasteiger partial charge in [-0.3, -0.25) is 14.5 Å². The van der Waals surface area contributed by atoms with Crippen LogP contribution in [0, 0.1) is 12.7 Å². The van der Waals surface area contributed by atoms with Gasteiger partial charge in [0.25, 0.3) is 0 Å². The molecular formula is C22H27FN4O2. The molecule has 2 N–H and O–H groups in total. The summed E-state index contributed by atoms with van der Waals surface area (Å²) < 4.78 is 13.0. The zero-order chi connectivity index (χ0) is 20.6. The molecule has 0 spiro atoms. The first-order valence-corrected chi connectivity index (χ1v) is 9.90. The minimum absolute atomic E-state index is 0.220. The summed E-state index contributed by atoms with van der Waals surface area (Å²) in [5.74, 6) is -1.49. The monoisotopic (exact) mass is 398 g/mol. The first-order valence-electron chi connectivity index (χ1n) is 9.90. The van der Waals surface area contributed by atoms with E-state index in [9.17, 15) is 14.0 Å². The molecule has 0 radical (unpaired) electrons. The second-order valence-corrected chi connectivity index (χ2v) is 7.24. The summed E-state index contributed by atoms with van der Waals surface area (Å²) in [7, 11) is 0. The van der Waals surface area contributed by atoms with Gasteiger partial charge in [-0.05, 0) is 61.9 Å². The largest absolute Gasteiger partial charge is 0.369 e. The van der Waals surface area contributed by atoms with Crippen molar-refractivity contribution in [3.8, 4) is 0 Å². The summed E-state index contributed by atoms with van der Waals surface area (Å²) in [4.78, 5) is 28.5. The van der Waals surface area contributed by atoms with Crippen LogP contribution in [0.3, 0.4) is 0 Å². The average Bonchev–Trinajstić information content (AvgIpc) is 2.72. The number of amides is 2. The zero-order valence-corrected chi connectivity index (χ0v) is 16.7. The Morgan fingerprint density at radius 3 is 2.41 bits per heavy atom. The summed E-state index contributed by atoms with van der Waals surface area (Å²) in [6.07, 6.45) is 0.778. The van der Waals surface area contributed by atoms with Crippen molar-refractivity contribution in [2.24, 2.45) is 0 Å². The molecule has 154 valence electrons. The van der Waals surface area contributed by atoms with Gasteiger partial charge in [0.05, 0.1) is 0 Å². The smallest absolute Gasteiger partial charge is 0.313 e. The number of piperazine rings is 1. The summed E-state index contributed by atoms with van der Waals surface area (Å²) >= 11 is 0. The lowest BCUT2D eigenvalue weighted by Gasteiger charge is -2.36. The van der Waals surface area contributed by atoms with E-state index >= 15 is 0 Å². The molecule has 1 heterocycles. The maximum atomic E-state index is 13.0. The lowest BCUT2D eigenvalue weighted by Crippen LogP contribution is -2.47. The van der Waals surface area contributed by atoms with E-state index in [0.29, 0.717) is 12.2 Å². The van der Waals surface area contributed by atoms with Crippen molar-refractivity contribution in [1.82, 2.24) is 10.2 Å². The Bertz CT molecular complexity index is 833. The van der Waals surface area contributed by atoms with Gasteiger partial charge in [0.2, 0.25) is 0 Å². The minimum atomic E-state index is -0.650. The van der Waals surface area contributed by atoms with Crippen LogP contribution in [-0.2, 0) is 9.59 Å². The molecule has 0 aliphatic carbocycles. The van der Waals surface area contributed by atoms with Crippen LogP contribution < -0.4 is 15.5 Å². The van der Waals surface area contributed by atoms with Gasteiger partial charge in [-0.25, -0.2) is 4.39 Å². The van der Waals surface area contributed by atoms with E-state index < -0.39 is 11.8 Å². The molecule has 0 atom stereocenters. The molecule has 1 aliphatic heterocycles. The number of nitrogens with zero attached hydrogens (tertiary/aromatic N) is 2. The van der Waals surface area contributed by atoms with Crippen LogP contribution in [-0.4, -0.2) is 56.0 Å². The van der Waals surface area contributed by atoms with Gasteiger partial charge in [0.1, 0.15) is 5.82 Å². The van der Waals surface area contributed by atoms with Crippen molar-refractivity contribution in [1.29, 1.82) is 0 Å². The highest BCUT2D eigenvalue weighted by Gasteiger charge is 2.17. The standard InChI is InChI=1S/C22H27FN4O2/c1-17-4-2-5-19(16-17)25-22(29)21(28)24-10-3-11-26-12-14-27(15-13-26)20-8-6-18(23)7-9-20/h2,4-9,16H,3,10-15H2,1H3,(H,24,28)(H,25,29). The quantitative estimate of drug-likeness (QED) is 0.579. The maximum Gasteiger partial charge on any atom is 0.313 e. The molecule has 2 aromatic rings. The molecule has 3 rings (SSSR count). The Balaban J connectivity index is 1.32. The van der Waals surface area contributed by atoms with Crippen molar-refractivity contribution in [3.63, 3.8) is 0 Å². The van der Waals surface area contributed by atoms with Gasteiger partial charge in [-0.1, -0.05) is 12.1 Å². The number of hydrogen-bond donors (Lipinski definition) is 2. The molecule has 2 aromatic carbocycles. The number of rotatable bonds is 6. The molecular weight excluding hydrogens is 371 g/mol. The minimum Gasteiger partial charge on any atom is -0.369 e. The van der Waals surface area contributed by atoms with Crippen LogP contribution in [0.5, 0.6) is 0 Å². The lowest BCUT2D eigenvalue weighted by molar-refractivity contribution is -0.136. The van der Waals surface area contributed by atoms with E-state index in [-0.39, 0.29) is 5.82 Å². The second kappa shape index (κ2) is 10.0. The van der Waals surface area contributed by atoms with Crippen molar-refractivity contribution in [2.45, 2.75) is 13.3 Å². The molecule has 1 saturated heterocycles. The number of hydrogen-bond acceptors (Lipinski definition) is 4. The number of benzene rings is 2. The Labute approximate surface area is 170 Å². The Morgan fingerprint density at radius 2 is 1.72 bits per heavy atom. The van der Waals surface area contributed by atoms with Gasteiger partial charge in [-0.2, -0.15) is 0 Å². The fourth-order valence-corrected chi connectivity index (χ4v) is 3.38. The van der Waals surface area contributed by atoms with E-state index in [1.165, 1.54) is 12.1 Å². The number of nitrogens with one attached hydrogen (secondary N) is 2. The van der Waals surface area contributed by atoms with E-state index in [1.807, 2.05) is 37.3 Å². The fraction of sp³-hybridized carbons (Fsp3) is 0.364. The Morgan fingerprint density at radius 1 is 1.00 bits per heavy atom. The lowest BCUT2D eigenvalue weighted by atomic mass is 10.2. The topological polar surface area (TPSA) is 64.7 Å². The van der Waals surface area contributed by atoms with E-state index in [2.05, 4.69) is 20.4 Å².